The minimum absolute atomic E-state index is 0.0200. The highest BCUT2D eigenvalue weighted by Gasteiger charge is 2.24. The molecule has 6 nitrogen and oxygen atoms in total. The predicted molar refractivity (Wildman–Crippen MR) is 81.0 cm³/mol. The lowest BCUT2D eigenvalue weighted by molar-refractivity contribution is -0.122. The van der Waals surface area contributed by atoms with Crippen LogP contribution in [0.25, 0.3) is 0 Å². The first-order valence-electron chi connectivity index (χ1n) is 7.85. The number of hydrogen-bond acceptors (Lipinski definition) is 5. The third kappa shape index (κ3) is 3.69. The van der Waals surface area contributed by atoms with Crippen LogP contribution in [0.4, 0.5) is 5.82 Å². The molecule has 0 saturated carbocycles. The van der Waals surface area contributed by atoms with Gasteiger partial charge in [0, 0.05) is 25.8 Å². The normalized spacial score (nSPS) is 25.8. The number of carbonyl (C=O) groups excluding carboxylic acids is 1. The van der Waals surface area contributed by atoms with E-state index in [4.69, 9.17) is 0 Å². The van der Waals surface area contributed by atoms with Crippen molar-refractivity contribution in [1.29, 1.82) is 0 Å². The van der Waals surface area contributed by atoms with E-state index < -0.39 is 0 Å². The van der Waals surface area contributed by atoms with E-state index in [0.29, 0.717) is 5.92 Å². The second-order valence-corrected chi connectivity index (χ2v) is 5.92. The van der Waals surface area contributed by atoms with Gasteiger partial charge >= 0.3 is 0 Å². The molecule has 2 saturated heterocycles. The van der Waals surface area contributed by atoms with Gasteiger partial charge in [0.25, 0.3) is 0 Å². The van der Waals surface area contributed by atoms with Crippen molar-refractivity contribution in [3.8, 4) is 0 Å². The molecule has 1 amide bonds. The third-order valence-electron chi connectivity index (χ3n) is 4.35. The highest BCUT2D eigenvalue weighted by molar-refractivity contribution is 5.81. The lowest BCUT2D eigenvalue weighted by Crippen LogP contribution is -2.45. The van der Waals surface area contributed by atoms with Crippen molar-refractivity contribution in [2.45, 2.75) is 31.7 Å². The van der Waals surface area contributed by atoms with Crippen LogP contribution in [-0.2, 0) is 4.79 Å². The smallest absolute Gasteiger partial charge is 0.237 e. The first-order valence-corrected chi connectivity index (χ1v) is 7.85. The minimum Gasteiger partial charge on any atom is -0.356 e. The molecule has 3 rings (SSSR count). The predicted octanol–water partition coefficient (Wildman–Crippen LogP) is 0.561. The fraction of sp³-hybridized carbons (Fsp3) is 0.667. The summed E-state index contributed by atoms with van der Waals surface area (Å²) in [6, 6.07) is 1.97. The van der Waals surface area contributed by atoms with Crippen molar-refractivity contribution in [1.82, 2.24) is 20.6 Å². The Morgan fingerprint density at radius 1 is 1.43 bits per heavy atom. The topological polar surface area (TPSA) is 70.2 Å². The summed E-state index contributed by atoms with van der Waals surface area (Å²) >= 11 is 0. The van der Waals surface area contributed by atoms with Crippen LogP contribution in [0, 0.1) is 5.92 Å². The van der Waals surface area contributed by atoms with Crippen molar-refractivity contribution in [3.05, 3.63) is 18.6 Å². The SMILES string of the molecule is O=C(NCC1CCCN(c2ccncn2)C1)C1CCCN1. The number of nitrogens with one attached hydrogen (secondary N) is 2. The van der Waals surface area contributed by atoms with E-state index in [1.165, 1.54) is 6.42 Å². The molecule has 0 aliphatic carbocycles. The van der Waals surface area contributed by atoms with Gasteiger partial charge in [-0.05, 0) is 44.2 Å². The largest absolute Gasteiger partial charge is 0.356 e. The molecule has 3 heterocycles. The molecular weight excluding hydrogens is 266 g/mol. The van der Waals surface area contributed by atoms with Crippen LogP contribution < -0.4 is 15.5 Å². The van der Waals surface area contributed by atoms with Gasteiger partial charge in [-0.2, -0.15) is 0 Å². The molecule has 0 spiro atoms. The molecule has 0 bridgehead atoms. The van der Waals surface area contributed by atoms with E-state index in [-0.39, 0.29) is 11.9 Å². The standard InChI is InChI=1S/C15H23N5O/c21-15(13-4-1-6-17-13)18-9-12-3-2-8-20(10-12)14-5-7-16-11-19-14/h5,7,11-13,17H,1-4,6,8-10H2,(H,18,21). The van der Waals surface area contributed by atoms with E-state index >= 15 is 0 Å². The summed E-state index contributed by atoms with van der Waals surface area (Å²) in [6.45, 7) is 3.71. The molecule has 6 heteroatoms. The Bertz CT molecular complexity index is 460. The van der Waals surface area contributed by atoms with Crippen LogP contribution >= 0.6 is 0 Å². The number of anilines is 1. The Kier molecular flexibility index (Phi) is 4.65. The second-order valence-electron chi connectivity index (χ2n) is 5.92. The van der Waals surface area contributed by atoms with Crippen LogP contribution in [0.5, 0.6) is 0 Å². The molecule has 2 fully saturated rings. The molecule has 0 radical (unpaired) electrons. The average Bonchev–Trinajstić information content (AvgIpc) is 3.08. The highest BCUT2D eigenvalue weighted by atomic mass is 16.2. The quantitative estimate of drug-likeness (QED) is 0.847. The number of rotatable bonds is 4. The van der Waals surface area contributed by atoms with Crippen molar-refractivity contribution < 1.29 is 4.79 Å². The van der Waals surface area contributed by atoms with Crippen LogP contribution in [0.1, 0.15) is 25.7 Å². The summed E-state index contributed by atoms with van der Waals surface area (Å²) in [5.74, 6) is 1.64. The monoisotopic (exact) mass is 289 g/mol. The van der Waals surface area contributed by atoms with Gasteiger partial charge in [0.05, 0.1) is 6.04 Å². The zero-order chi connectivity index (χ0) is 14.5. The maximum atomic E-state index is 12.0. The van der Waals surface area contributed by atoms with E-state index in [2.05, 4.69) is 25.5 Å². The molecule has 0 aromatic carbocycles. The zero-order valence-electron chi connectivity index (χ0n) is 12.3. The molecule has 2 aliphatic heterocycles. The van der Waals surface area contributed by atoms with Gasteiger partial charge in [0.1, 0.15) is 12.1 Å². The summed E-state index contributed by atoms with van der Waals surface area (Å²) in [7, 11) is 0. The summed E-state index contributed by atoms with van der Waals surface area (Å²) in [6.07, 6.45) is 7.74. The summed E-state index contributed by atoms with van der Waals surface area (Å²) in [5, 5.41) is 6.34. The molecule has 2 N–H and O–H groups in total. The second kappa shape index (κ2) is 6.85. The van der Waals surface area contributed by atoms with E-state index in [0.717, 1.165) is 51.3 Å². The van der Waals surface area contributed by atoms with Crippen molar-refractivity contribution in [2.24, 2.45) is 5.92 Å². The Balaban J connectivity index is 1.48. The zero-order valence-corrected chi connectivity index (χ0v) is 12.3. The Hall–Kier alpha value is -1.69. The van der Waals surface area contributed by atoms with Crippen molar-refractivity contribution in [2.75, 3.05) is 31.1 Å². The number of carbonyl (C=O) groups is 1. The molecule has 2 unspecified atom stereocenters. The van der Waals surface area contributed by atoms with E-state index in [1.54, 1.807) is 12.5 Å². The molecule has 2 aliphatic rings. The molecule has 21 heavy (non-hydrogen) atoms. The van der Waals surface area contributed by atoms with Gasteiger partial charge < -0.3 is 15.5 Å². The third-order valence-corrected chi connectivity index (χ3v) is 4.35. The summed E-state index contributed by atoms with van der Waals surface area (Å²) in [4.78, 5) is 22.6. The summed E-state index contributed by atoms with van der Waals surface area (Å²) < 4.78 is 0. The summed E-state index contributed by atoms with van der Waals surface area (Å²) in [5.41, 5.74) is 0. The van der Waals surface area contributed by atoms with Gasteiger partial charge in [-0.3, -0.25) is 4.79 Å². The minimum atomic E-state index is 0.0200. The average molecular weight is 289 g/mol. The Morgan fingerprint density at radius 2 is 2.38 bits per heavy atom. The maximum Gasteiger partial charge on any atom is 0.237 e. The molecular formula is C15H23N5O. The maximum absolute atomic E-state index is 12.0. The highest BCUT2D eigenvalue weighted by Crippen LogP contribution is 2.20. The number of hydrogen-bond donors (Lipinski definition) is 2. The van der Waals surface area contributed by atoms with Crippen LogP contribution in [-0.4, -0.2) is 48.1 Å². The van der Waals surface area contributed by atoms with Gasteiger partial charge in [0.2, 0.25) is 5.91 Å². The first-order chi connectivity index (χ1) is 10.3. The van der Waals surface area contributed by atoms with Gasteiger partial charge in [-0.25, -0.2) is 9.97 Å². The number of amides is 1. The fourth-order valence-corrected chi connectivity index (χ4v) is 3.19. The molecule has 114 valence electrons. The number of nitrogens with zero attached hydrogens (tertiary/aromatic N) is 3. The number of aromatic nitrogens is 2. The van der Waals surface area contributed by atoms with Crippen molar-refractivity contribution >= 4 is 11.7 Å². The number of piperidine rings is 1. The van der Waals surface area contributed by atoms with Crippen LogP contribution in [0.15, 0.2) is 18.6 Å². The van der Waals surface area contributed by atoms with E-state index in [1.807, 2.05) is 6.07 Å². The lowest BCUT2D eigenvalue weighted by Gasteiger charge is -2.33. The molecule has 1 aromatic rings. The van der Waals surface area contributed by atoms with Crippen LogP contribution in [0.3, 0.4) is 0 Å². The molecule has 2 atom stereocenters. The molecule has 1 aromatic heterocycles. The fourth-order valence-electron chi connectivity index (χ4n) is 3.19. The first kappa shape index (κ1) is 14.3. The lowest BCUT2D eigenvalue weighted by atomic mass is 9.98. The van der Waals surface area contributed by atoms with Gasteiger partial charge in [0.15, 0.2) is 0 Å². The van der Waals surface area contributed by atoms with Gasteiger partial charge in [-0.1, -0.05) is 0 Å². The Labute approximate surface area is 125 Å². The Morgan fingerprint density at radius 3 is 3.14 bits per heavy atom. The van der Waals surface area contributed by atoms with Crippen LogP contribution in [0.2, 0.25) is 0 Å². The van der Waals surface area contributed by atoms with Gasteiger partial charge in [-0.15, -0.1) is 0 Å². The van der Waals surface area contributed by atoms with E-state index in [9.17, 15) is 4.79 Å². The van der Waals surface area contributed by atoms with Crippen molar-refractivity contribution in [3.63, 3.8) is 0 Å².